The maximum Gasteiger partial charge on any atom is 0.164 e. The van der Waals surface area contributed by atoms with Crippen molar-refractivity contribution in [1.82, 2.24) is 15.0 Å². The first kappa shape index (κ1) is 29.9. The molecular formula is C46H28N4O. The van der Waals surface area contributed by atoms with Gasteiger partial charge in [-0.15, -0.1) is 0 Å². The normalized spacial score (nSPS) is 11.1. The van der Waals surface area contributed by atoms with E-state index in [0.717, 1.165) is 72.0 Å². The molecule has 0 unspecified atom stereocenters. The van der Waals surface area contributed by atoms with E-state index in [-0.39, 0.29) is 0 Å². The SMILES string of the molecule is N#Cc1cccc(-c2ccc(-c3nc(-c4ccccc4)nc(-c4ccc5c(c4)oc4cccc(-c6ccccc6)c45)n3)c(-c3ccccc3)c2)c1. The Kier molecular flexibility index (Phi) is 7.46. The van der Waals surface area contributed by atoms with Crippen LogP contribution in [0.4, 0.5) is 0 Å². The van der Waals surface area contributed by atoms with Crippen LogP contribution in [-0.4, -0.2) is 15.0 Å². The van der Waals surface area contributed by atoms with E-state index in [0.29, 0.717) is 23.0 Å². The Balaban J connectivity index is 1.23. The lowest BCUT2D eigenvalue weighted by Gasteiger charge is -2.14. The Morgan fingerprint density at radius 3 is 1.71 bits per heavy atom. The fourth-order valence-electron chi connectivity index (χ4n) is 6.71. The average molecular weight is 653 g/mol. The number of furan rings is 1. The zero-order valence-corrected chi connectivity index (χ0v) is 27.4. The molecule has 0 aliphatic carbocycles. The van der Waals surface area contributed by atoms with Crippen molar-refractivity contribution in [2.24, 2.45) is 0 Å². The molecule has 0 saturated heterocycles. The molecule has 0 atom stereocenters. The summed E-state index contributed by atoms with van der Waals surface area (Å²) < 4.78 is 6.46. The van der Waals surface area contributed by atoms with Gasteiger partial charge in [0.1, 0.15) is 11.2 Å². The van der Waals surface area contributed by atoms with Gasteiger partial charge in [-0.05, 0) is 75.8 Å². The third-order valence-electron chi connectivity index (χ3n) is 9.18. The van der Waals surface area contributed by atoms with Crippen LogP contribution >= 0.6 is 0 Å². The van der Waals surface area contributed by atoms with Crippen molar-refractivity contribution >= 4 is 21.9 Å². The van der Waals surface area contributed by atoms with Crippen molar-refractivity contribution in [2.45, 2.75) is 0 Å². The van der Waals surface area contributed by atoms with Crippen molar-refractivity contribution in [3.8, 4) is 73.6 Å². The third kappa shape index (κ3) is 5.61. The summed E-state index contributed by atoms with van der Waals surface area (Å²) in [5.74, 6) is 1.69. The molecule has 2 heterocycles. The molecular weight excluding hydrogens is 625 g/mol. The summed E-state index contributed by atoms with van der Waals surface area (Å²) in [5, 5.41) is 11.7. The van der Waals surface area contributed by atoms with Gasteiger partial charge in [0.05, 0.1) is 11.6 Å². The molecule has 0 saturated carbocycles. The molecule has 5 heteroatoms. The Morgan fingerprint density at radius 1 is 0.392 bits per heavy atom. The van der Waals surface area contributed by atoms with Gasteiger partial charge in [-0.2, -0.15) is 5.26 Å². The molecule has 5 nitrogen and oxygen atoms in total. The van der Waals surface area contributed by atoms with Crippen LogP contribution < -0.4 is 0 Å². The van der Waals surface area contributed by atoms with Gasteiger partial charge in [-0.3, -0.25) is 0 Å². The second-order valence-corrected chi connectivity index (χ2v) is 12.3. The second kappa shape index (κ2) is 12.7. The number of hydrogen-bond donors (Lipinski definition) is 0. The maximum atomic E-state index is 9.55. The quantitative estimate of drug-likeness (QED) is 0.179. The van der Waals surface area contributed by atoms with Gasteiger partial charge >= 0.3 is 0 Å². The van der Waals surface area contributed by atoms with E-state index in [9.17, 15) is 5.26 Å². The summed E-state index contributed by atoms with van der Waals surface area (Å²) >= 11 is 0. The molecule has 0 aliphatic heterocycles. The van der Waals surface area contributed by atoms with Crippen LogP contribution in [-0.2, 0) is 0 Å². The van der Waals surface area contributed by atoms with Crippen LogP contribution in [0.25, 0.3) is 89.5 Å². The first-order chi connectivity index (χ1) is 25.2. The number of benzene rings is 7. The van der Waals surface area contributed by atoms with Gasteiger partial charge < -0.3 is 4.42 Å². The van der Waals surface area contributed by atoms with Gasteiger partial charge in [0.15, 0.2) is 17.5 Å². The zero-order valence-electron chi connectivity index (χ0n) is 27.4. The molecule has 0 radical (unpaired) electrons. The Hall–Kier alpha value is -7.16. The molecule has 51 heavy (non-hydrogen) atoms. The fourth-order valence-corrected chi connectivity index (χ4v) is 6.71. The van der Waals surface area contributed by atoms with Gasteiger partial charge in [-0.1, -0.05) is 127 Å². The number of nitriles is 1. The van der Waals surface area contributed by atoms with Crippen LogP contribution in [0.5, 0.6) is 0 Å². The highest BCUT2D eigenvalue weighted by atomic mass is 16.3. The average Bonchev–Trinajstić information content (AvgIpc) is 3.60. The molecule has 2 aromatic heterocycles. The predicted octanol–water partition coefficient (Wildman–Crippen LogP) is 11.6. The minimum Gasteiger partial charge on any atom is -0.456 e. The van der Waals surface area contributed by atoms with E-state index in [1.807, 2.05) is 97.1 Å². The predicted molar refractivity (Wildman–Crippen MR) is 204 cm³/mol. The number of fused-ring (bicyclic) bond motifs is 3. The topological polar surface area (TPSA) is 75.6 Å². The summed E-state index contributed by atoms with van der Waals surface area (Å²) in [7, 11) is 0. The lowest BCUT2D eigenvalue weighted by molar-refractivity contribution is 0.669. The molecule has 7 aromatic carbocycles. The van der Waals surface area contributed by atoms with Crippen molar-refractivity contribution in [3.63, 3.8) is 0 Å². The molecule has 0 N–H and O–H groups in total. The Labute approximate surface area is 294 Å². The molecule has 0 fully saturated rings. The molecule has 0 aliphatic rings. The van der Waals surface area contributed by atoms with Gasteiger partial charge in [0, 0.05) is 27.5 Å². The van der Waals surface area contributed by atoms with Crippen molar-refractivity contribution in [2.75, 3.05) is 0 Å². The van der Waals surface area contributed by atoms with E-state index in [1.165, 1.54) is 0 Å². The van der Waals surface area contributed by atoms with Gasteiger partial charge in [0.2, 0.25) is 0 Å². The number of rotatable bonds is 6. The Morgan fingerprint density at radius 2 is 0.980 bits per heavy atom. The molecule has 0 amide bonds. The highest BCUT2D eigenvalue weighted by molar-refractivity contribution is 6.13. The van der Waals surface area contributed by atoms with E-state index in [4.69, 9.17) is 19.4 Å². The standard InChI is InChI=1S/C46H28N4O/c47-29-30-12-10-19-34(26-30)35-22-24-38(40(27-35)32-15-6-2-7-16-32)46-49-44(33-17-8-3-9-18-33)48-45(50-46)36-23-25-39-42(28-36)51-41-21-11-20-37(43(39)41)31-13-4-1-5-14-31/h1-28H. The first-order valence-electron chi connectivity index (χ1n) is 16.7. The summed E-state index contributed by atoms with van der Waals surface area (Å²) in [5.41, 5.74) is 11.1. The minimum atomic E-state index is 0.550. The number of aromatic nitrogens is 3. The van der Waals surface area contributed by atoms with Crippen molar-refractivity contribution in [3.05, 3.63) is 175 Å². The second-order valence-electron chi connectivity index (χ2n) is 12.3. The lowest BCUT2D eigenvalue weighted by Crippen LogP contribution is -2.01. The van der Waals surface area contributed by atoms with E-state index in [2.05, 4.69) is 78.9 Å². The van der Waals surface area contributed by atoms with E-state index < -0.39 is 0 Å². The third-order valence-corrected chi connectivity index (χ3v) is 9.18. The van der Waals surface area contributed by atoms with E-state index in [1.54, 1.807) is 0 Å². The van der Waals surface area contributed by atoms with Gasteiger partial charge in [-0.25, -0.2) is 15.0 Å². The molecule has 0 bridgehead atoms. The molecule has 9 rings (SSSR count). The number of hydrogen-bond acceptors (Lipinski definition) is 5. The smallest absolute Gasteiger partial charge is 0.164 e. The maximum absolute atomic E-state index is 9.55. The lowest BCUT2D eigenvalue weighted by atomic mass is 9.93. The van der Waals surface area contributed by atoms with Crippen LogP contribution in [0.3, 0.4) is 0 Å². The first-order valence-corrected chi connectivity index (χ1v) is 16.7. The van der Waals surface area contributed by atoms with Crippen LogP contribution in [0.2, 0.25) is 0 Å². The highest BCUT2D eigenvalue weighted by Crippen LogP contribution is 2.39. The minimum absolute atomic E-state index is 0.550. The van der Waals surface area contributed by atoms with Crippen LogP contribution in [0.15, 0.2) is 174 Å². The monoisotopic (exact) mass is 652 g/mol. The highest BCUT2D eigenvalue weighted by Gasteiger charge is 2.19. The molecule has 0 spiro atoms. The van der Waals surface area contributed by atoms with Crippen molar-refractivity contribution < 1.29 is 4.42 Å². The summed E-state index contributed by atoms with van der Waals surface area (Å²) in [6.07, 6.45) is 0. The zero-order chi connectivity index (χ0) is 34.1. The summed E-state index contributed by atoms with van der Waals surface area (Å²) in [4.78, 5) is 15.2. The summed E-state index contributed by atoms with van der Waals surface area (Å²) in [6, 6.07) is 59.2. The van der Waals surface area contributed by atoms with Crippen LogP contribution in [0.1, 0.15) is 5.56 Å². The van der Waals surface area contributed by atoms with Gasteiger partial charge in [0.25, 0.3) is 0 Å². The van der Waals surface area contributed by atoms with Crippen molar-refractivity contribution in [1.29, 1.82) is 5.26 Å². The number of nitrogens with zero attached hydrogens (tertiary/aromatic N) is 4. The Bertz CT molecular complexity index is 2750. The van der Waals surface area contributed by atoms with E-state index >= 15 is 0 Å². The molecule has 238 valence electrons. The fraction of sp³-hybridized carbons (Fsp3) is 0. The summed E-state index contributed by atoms with van der Waals surface area (Å²) in [6.45, 7) is 0. The van der Waals surface area contributed by atoms with Crippen LogP contribution in [0, 0.1) is 11.3 Å². The molecule has 9 aromatic rings. The largest absolute Gasteiger partial charge is 0.456 e.